The van der Waals surface area contributed by atoms with Crippen LogP contribution >= 0.6 is 15.2 Å². The lowest BCUT2D eigenvalue weighted by molar-refractivity contribution is -0.167. The minimum absolute atomic E-state index is 0.0705. The van der Waals surface area contributed by atoms with Crippen LogP contribution < -0.4 is 5.32 Å². The maximum atomic E-state index is 15.9. The number of halogens is 2. The number of likely N-dealkylation sites (tertiary alicyclic amines) is 1. The SMILES string of the molecule is CCOC(=O)CCCCCCN1C(=O)CC[C@@H]1C=C[C@@H](OC(=O)Cc1ccc(C(=O)NCCCC(O)(P(=O)(O)O)P(=O)(O)O)cc1)C(F)(F)c1ccccc1. The van der Waals surface area contributed by atoms with Crippen molar-refractivity contribution >= 4 is 38.9 Å². The van der Waals surface area contributed by atoms with Crippen molar-refractivity contribution in [2.75, 3.05) is 19.7 Å². The Morgan fingerprint density at radius 1 is 0.945 bits per heavy atom. The fourth-order valence-electron chi connectivity index (χ4n) is 5.89. The third-order valence-electron chi connectivity index (χ3n) is 8.96. The Hall–Kier alpha value is -3.82. The second-order valence-electron chi connectivity index (χ2n) is 13.0. The summed E-state index contributed by atoms with van der Waals surface area (Å²) in [6, 6.07) is 11.8. The number of nitrogens with one attached hydrogen (secondary N) is 1. The predicted octanol–water partition coefficient (Wildman–Crippen LogP) is 4.51. The quantitative estimate of drug-likeness (QED) is 0.0416. The van der Waals surface area contributed by atoms with Gasteiger partial charge in [0.1, 0.15) is 0 Å². The molecule has 0 radical (unpaired) electrons. The number of esters is 2. The van der Waals surface area contributed by atoms with Crippen molar-refractivity contribution < 1.29 is 71.2 Å². The van der Waals surface area contributed by atoms with Crippen LogP contribution in [0, 0.1) is 0 Å². The molecule has 0 saturated carbocycles. The molecule has 19 heteroatoms. The molecule has 2 amide bonds. The number of amides is 2. The van der Waals surface area contributed by atoms with Crippen LogP contribution in [0.3, 0.4) is 0 Å². The van der Waals surface area contributed by atoms with Crippen molar-refractivity contribution in [1.82, 2.24) is 10.2 Å². The number of benzene rings is 2. The topological polar surface area (TPSA) is 237 Å². The summed E-state index contributed by atoms with van der Waals surface area (Å²) in [5.74, 6) is -5.70. The van der Waals surface area contributed by atoms with Gasteiger partial charge in [0, 0.05) is 43.5 Å². The maximum absolute atomic E-state index is 15.9. The van der Waals surface area contributed by atoms with Crippen molar-refractivity contribution in [3.05, 3.63) is 83.4 Å². The summed E-state index contributed by atoms with van der Waals surface area (Å²) in [6.07, 6.45) is 2.47. The van der Waals surface area contributed by atoms with Crippen LogP contribution in [0.2, 0.25) is 0 Å². The molecule has 1 saturated heterocycles. The van der Waals surface area contributed by atoms with Gasteiger partial charge in [-0.15, -0.1) is 0 Å². The number of alkyl halides is 2. The summed E-state index contributed by atoms with van der Waals surface area (Å²) in [7, 11) is -11.3. The van der Waals surface area contributed by atoms with Gasteiger partial charge in [0.25, 0.3) is 11.0 Å². The van der Waals surface area contributed by atoms with Crippen molar-refractivity contribution in [2.45, 2.75) is 94.3 Å². The zero-order valence-electron chi connectivity index (χ0n) is 30.3. The van der Waals surface area contributed by atoms with Crippen LogP contribution in [0.25, 0.3) is 0 Å². The molecule has 15 nitrogen and oxygen atoms in total. The summed E-state index contributed by atoms with van der Waals surface area (Å²) < 4.78 is 65.0. The Morgan fingerprint density at radius 3 is 2.20 bits per heavy atom. The van der Waals surface area contributed by atoms with Crippen LogP contribution in [-0.4, -0.2) is 90.3 Å². The molecular formula is C36H48F2N2O13P2. The molecule has 3 rings (SSSR count). The Kier molecular flexibility index (Phi) is 16.9. The van der Waals surface area contributed by atoms with Gasteiger partial charge in [-0.05, 0) is 56.4 Å². The second kappa shape index (κ2) is 20.4. The highest BCUT2D eigenvalue weighted by atomic mass is 31.2. The van der Waals surface area contributed by atoms with Gasteiger partial charge in [-0.3, -0.25) is 28.3 Å². The van der Waals surface area contributed by atoms with E-state index in [0.29, 0.717) is 44.4 Å². The largest absolute Gasteiger partial charge is 0.466 e. The van der Waals surface area contributed by atoms with Crippen LogP contribution in [0.15, 0.2) is 66.7 Å². The van der Waals surface area contributed by atoms with Gasteiger partial charge in [-0.25, -0.2) is 0 Å². The van der Waals surface area contributed by atoms with Gasteiger partial charge >= 0.3 is 33.1 Å². The summed E-state index contributed by atoms with van der Waals surface area (Å²) in [5, 5.41) is 8.73. The molecule has 0 aliphatic carbocycles. The van der Waals surface area contributed by atoms with E-state index in [1.807, 2.05) is 0 Å². The minimum atomic E-state index is -5.64. The fourth-order valence-corrected chi connectivity index (χ4v) is 8.14. The summed E-state index contributed by atoms with van der Waals surface area (Å²) in [4.78, 5) is 88.3. The van der Waals surface area contributed by atoms with Crippen molar-refractivity contribution in [3.63, 3.8) is 0 Å². The monoisotopic (exact) mass is 816 g/mol. The first kappa shape index (κ1) is 45.6. The average Bonchev–Trinajstić information content (AvgIpc) is 3.47. The van der Waals surface area contributed by atoms with Crippen LogP contribution in [0.1, 0.15) is 86.2 Å². The highest BCUT2D eigenvalue weighted by Gasteiger charge is 2.58. The zero-order chi connectivity index (χ0) is 40.9. The van der Waals surface area contributed by atoms with E-state index < -0.39 is 69.5 Å². The number of carbonyl (C=O) groups is 4. The van der Waals surface area contributed by atoms with Gasteiger partial charge in [0.15, 0.2) is 6.10 Å². The van der Waals surface area contributed by atoms with Gasteiger partial charge in [0.05, 0.1) is 19.1 Å². The molecule has 304 valence electrons. The number of carbonyl (C=O) groups excluding carboxylic acids is 4. The minimum Gasteiger partial charge on any atom is -0.466 e. The van der Waals surface area contributed by atoms with E-state index in [0.717, 1.165) is 18.9 Å². The number of aliphatic hydroxyl groups is 1. The second-order valence-corrected chi connectivity index (χ2v) is 17.1. The smallest absolute Gasteiger partial charge is 0.369 e. The summed E-state index contributed by atoms with van der Waals surface area (Å²) in [5.41, 5.74) is -0.000250. The fraction of sp³-hybridized carbons (Fsp3) is 0.500. The van der Waals surface area contributed by atoms with Crippen molar-refractivity contribution in [2.24, 2.45) is 0 Å². The molecule has 55 heavy (non-hydrogen) atoms. The highest BCUT2D eigenvalue weighted by molar-refractivity contribution is 7.72. The first-order valence-corrected chi connectivity index (χ1v) is 21.0. The molecule has 1 aliphatic rings. The average molecular weight is 817 g/mol. The lowest BCUT2D eigenvalue weighted by Crippen LogP contribution is -2.36. The number of hydrogen-bond acceptors (Lipinski definition) is 9. The molecule has 0 spiro atoms. The van der Waals surface area contributed by atoms with E-state index in [4.69, 9.17) is 9.47 Å². The lowest BCUT2D eigenvalue weighted by Gasteiger charge is -2.29. The van der Waals surface area contributed by atoms with E-state index in [1.165, 1.54) is 54.6 Å². The standard InChI is InChI=1S/C36H48F2N2O13P2/c1-2-52-32(42)13-8-3-4-9-24-40-29(19-21-31(40)41)18-20-30(36(37,38)28-11-6-5-7-12-28)53-33(43)25-26-14-16-27(17-15-26)34(44)39-23-10-22-35(45,54(46,47)48)55(49,50)51/h5-7,11-12,14-18,20,29-30,45H,2-4,8-10,13,19,21-25H2,1H3,(H,39,44)(H2,46,47,48)(H2,49,50,51)/t29-,30+/m0/s1. The van der Waals surface area contributed by atoms with E-state index in [9.17, 15) is 53.0 Å². The Bertz CT molecular complexity index is 1710. The number of unbranched alkanes of at least 4 members (excludes halogenated alkanes) is 3. The van der Waals surface area contributed by atoms with E-state index >= 15 is 8.78 Å². The number of hydrogen-bond donors (Lipinski definition) is 6. The molecule has 1 aliphatic heterocycles. The highest BCUT2D eigenvalue weighted by Crippen LogP contribution is 2.69. The molecule has 1 fully saturated rings. The predicted molar refractivity (Wildman–Crippen MR) is 195 cm³/mol. The Balaban J connectivity index is 1.62. The molecular weight excluding hydrogens is 768 g/mol. The van der Waals surface area contributed by atoms with Crippen LogP contribution in [0.4, 0.5) is 8.78 Å². The van der Waals surface area contributed by atoms with Gasteiger partial charge < -0.3 is 44.4 Å². The number of ether oxygens (including phenoxy) is 2. The Labute approximate surface area is 317 Å². The Morgan fingerprint density at radius 2 is 1.58 bits per heavy atom. The molecule has 2 atom stereocenters. The van der Waals surface area contributed by atoms with E-state index in [-0.39, 0.29) is 36.0 Å². The molecule has 0 bridgehead atoms. The van der Waals surface area contributed by atoms with Crippen LogP contribution in [0.5, 0.6) is 0 Å². The molecule has 2 aromatic rings. The van der Waals surface area contributed by atoms with E-state index in [1.54, 1.807) is 17.9 Å². The van der Waals surface area contributed by atoms with E-state index in [2.05, 4.69) is 5.32 Å². The molecule has 0 aromatic heterocycles. The van der Waals surface area contributed by atoms with Gasteiger partial charge in [0.2, 0.25) is 5.91 Å². The lowest BCUT2D eigenvalue weighted by atomic mass is 10.0. The molecule has 6 N–H and O–H groups in total. The third-order valence-corrected chi connectivity index (χ3v) is 12.8. The maximum Gasteiger partial charge on any atom is 0.369 e. The van der Waals surface area contributed by atoms with Crippen LogP contribution in [-0.2, 0) is 45.3 Å². The molecule has 0 unspecified atom stereocenters. The third kappa shape index (κ3) is 13.1. The first-order chi connectivity index (χ1) is 25.8. The molecule has 2 aromatic carbocycles. The summed E-state index contributed by atoms with van der Waals surface area (Å²) in [6.45, 7) is 2.14. The van der Waals surface area contributed by atoms with Gasteiger partial charge in [-0.2, -0.15) is 8.78 Å². The van der Waals surface area contributed by atoms with Crippen molar-refractivity contribution in [1.29, 1.82) is 0 Å². The summed E-state index contributed by atoms with van der Waals surface area (Å²) >= 11 is 0. The zero-order valence-corrected chi connectivity index (χ0v) is 32.1. The van der Waals surface area contributed by atoms with Gasteiger partial charge in [-0.1, -0.05) is 61.4 Å². The molecule has 1 heterocycles. The number of nitrogens with zero attached hydrogens (tertiary/aromatic N) is 1. The first-order valence-electron chi connectivity index (χ1n) is 17.8. The van der Waals surface area contributed by atoms with Crippen molar-refractivity contribution in [3.8, 4) is 0 Å². The normalized spacial score (nSPS) is 16.0. The number of rotatable bonds is 22.